The molecule has 0 spiro atoms. The van der Waals surface area contributed by atoms with Crippen LogP contribution >= 0.6 is 0 Å². The number of hydrogen-bond donors (Lipinski definition) is 2. The molecule has 96 valence electrons. The third kappa shape index (κ3) is 2.47. The first-order valence-electron chi connectivity index (χ1n) is 5.79. The van der Waals surface area contributed by atoms with Crippen LogP contribution in [0.1, 0.15) is 26.3 Å². The Bertz CT molecular complexity index is 635. The van der Waals surface area contributed by atoms with Crippen LogP contribution in [0.15, 0.2) is 48.5 Å². The molecule has 2 rings (SSSR count). The van der Waals surface area contributed by atoms with Crippen LogP contribution in [-0.2, 0) is 0 Å². The highest BCUT2D eigenvalue weighted by atomic mass is 16.4. The monoisotopic (exact) mass is 255 g/mol. The van der Waals surface area contributed by atoms with Crippen LogP contribution in [0.25, 0.3) is 0 Å². The van der Waals surface area contributed by atoms with Crippen molar-refractivity contribution in [2.75, 3.05) is 12.4 Å². The lowest BCUT2D eigenvalue weighted by molar-refractivity contribution is 0.0693. The van der Waals surface area contributed by atoms with Crippen molar-refractivity contribution in [3.63, 3.8) is 0 Å². The molecule has 0 fully saturated rings. The maximum atomic E-state index is 12.4. The molecule has 0 bridgehead atoms. The summed E-state index contributed by atoms with van der Waals surface area (Å²) in [5, 5.41) is 12.0. The highest BCUT2D eigenvalue weighted by molar-refractivity contribution is 6.16. The van der Waals surface area contributed by atoms with E-state index in [1.807, 2.05) is 6.07 Å². The molecule has 0 heterocycles. The number of carboxylic acids is 1. The van der Waals surface area contributed by atoms with Crippen LogP contribution in [0, 0.1) is 0 Å². The smallest absolute Gasteiger partial charge is 0.336 e. The molecule has 0 aromatic heterocycles. The molecule has 2 N–H and O–H groups in total. The molecule has 2 aromatic carbocycles. The van der Waals surface area contributed by atoms with Crippen molar-refractivity contribution in [1.82, 2.24) is 0 Å². The highest BCUT2D eigenvalue weighted by Crippen LogP contribution is 2.20. The van der Waals surface area contributed by atoms with Gasteiger partial charge in [-0.3, -0.25) is 4.79 Å². The van der Waals surface area contributed by atoms with Crippen molar-refractivity contribution < 1.29 is 14.7 Å². The van der Waals surface area contributed by atoms with Gasteiger partial charge in [0, 0.05) is 23.9 Å². The van der Waals surface area contributed by atoms with Gasteiger partial charge in [0.2, 0.25) is 0 Å². The number of ketones is 1. The van der Waals surface area contributed by atoms with Crippen LogP contribution in [0.2, 0.25) is 0 Å². The fourth-order valence-corrected chi connectivity index (χ4v) is 1.91. The van der Waals surface area contributed by atoms with Gasteiger partial charge in [-0.15, -0.1) is 0 Å². The van der Waals surface area contributed by atoms with Gasteiger partial charge in [-0.25, -0.2) is 4.79 Å². The summed E-state index contributed by atoms with van der Waals surface area (Å²) in [5.74, 6) is -1.41. The first-order valence-corrected chi connectivity index (χ1v) is 5.79. The molecular weight excluding hydrogens is 242 g/mol. The summed E-state index contributed by atoms with van der Waals surface area (Å²) in [4.78, 5) is 23.6. The van der Waals surface area contributed by atoms with Crippen molar-refractivity contribution in [3.8, 4) is 0 Å². The molecule has 0 amide bonds. The quantitative estimate of drug-likeness (QED) is 0.824. The van der Waals surface area contributed by atoms with E-state index in [-0.39, 0.29) is 16.9 Å². The SMILES string of the molecule is CNc1ccccc1C(=O)c1ccccc1C(=O)O. The molecular formula is C15H13NO3. The second-order valence-corrected chi connectivity index (χ2v) is 3.98. The summed E-state index contributed by atoms with van der Waals surface area (Å²) in [6, 6.07) is 13.2. The van der Waals surface area contributed by atoms with E-state index in [9.17, 15) is 9.59 Å². The molecule has 0 aliphatic heterocycles. The molecule has 0 unspecified atom stereocenters. The molecule has 4 heteroatoms. The Labute approximate surface area is 110 Å². The third-order valence-corrected chi connectivity index (χ3v) is 2.84. The number of carbonyl (C=O) groups excluding carboxylic acids is 1. The van der Waals surface area contributed by atoms with Crippen LogP contribution < -0.4 is 5.32 Å². The van der Waals surface area contributed by atoms with E-state index in [1.165, 1.54) is 12.1 Å². The lowest BCUT2D eigenvalue weighted by Gasteiger charge is -2.09. The van der Waals surface area contributed by atoms with E-state index in [2.05, 4.69) is 5.32 Å². The molecule has 0 aliphatic carbocycles. The first-order chi connectivity index (χ1) is 9.15. The zero-order valence-corrected chi connectivity index (χ0v) is 10.4. The van der Waals surface area contributed by atoms with Gasteiger partial charge in [-0.05, 0) is 18.2 Å². The van der Waals surface area contributed by atoms with Gasteiger partial charge in [0.05, 0.1) is 5.56 Å². The summed E-state index contributed by atoms with van der Waals surface area (Å²) in [6.07, 6.45) is 0. The van der Waals surface area contributed by atoms with Crippen LogP contribution in [0.3, 0.4) is 0 Å². The number of anilines is 1. The van der Waals surface area contributed by atoms with E-state index >= 15 is 0 Å². The Kier molecular flexibility index (Phi) is 3.61. The van der Waals surface area contributed by atoms with Crippen molar-refractivity contribution >= 4 is 17.4 Å². The normalized spacial score (nSPS) is 9.95. The molecule has 0 saturated heterocycles. The first kappa shape index (κ1) is 12.8. The van der Waals surface area contributed by atoms with E-state index < -0.39 is 5.97 Å². The number of benzene rings is 2. The zero-order valence-electron chi connectivity index (χ0n) is 10.4. The average Bonchev–Trinajstić information content (AvgIpc) is 2.46. The number of carbonyl (C=O) groups is 2. The van der Waals surface area contributed by atoms with Crippen molar-refractivity contribution in [2.45, 2.75) is 0 Å². The van der Waals surface area contributed by atoms with E-state index in [4.69, 9.17) is 5.11 Å². The van der Waals surface area contributed by atoms with Gasteiger partial charge in [0.1, 0.15) is 0 Å². The van der Waals surface area contributed by atoms with Gasteiger partial charge >= 0.3 is 5.97 Å². The van der Waals surface area contributed by atoms with Gasteiger partial charge in [0.25, 0.3) is 0 Å². The van der Waals surface area contributed by atoms with Gasteiger partial charge < -0.3 is 10.4 Å². The van der Waals surface area contributed by atoms with Gasteiger partial charge in [0.15, 0.2) is 5.78 Å². The largest absolute Gasteiger partial charge is 0.478 e. The van der Waals surface area contributed by atoms with Gasteiger partial charge in [-0.1, -0.05) is 30.3 Å². The Hall–Kier alpha value is -2.62. The minimum Gasteiger partial charge on any atom is -0.478 e. The number of para-hydroxylation sites is 1. The Morgan fingerprint density at radius 3 is 2.00 bits per heavy atom. The fourth-order valence-electron chi connectivity index (χ4n) is 1.91. The van der Waals surface area contributed by atoms with E-state index in [1.54, 1.807) is 37.4 Å². The average molecular weight is 255 g/mol. The van der Waals surface area contributed by atoms with Crippen molar-refractivity contribution in [3.05, 3.63) is 65.2 Å². The Balaban J connectivity index is 2.53. The van der Waals surface area contributed by atoms with Crippen LogP contribution in [-0.4, -0.2) is 23.9 Å². The summed E-state index contributed by atoms with van der Waals surface area (Å²) >= 11 is 0. The lowest BCUT2D eigenvalue weighted by Crippen LogP contribution is -2.11. The molecule has 0 saturated carbocycles. The topological polar surface area (TPSA) is 66.4 Å². The molecule has 0 radical (unpaired) electrons. The number of rotatable bonds is 4. The summed E-state index contributed by atoms with van der Waals surface area (Å²) in [5.41, 5.74) is 1.34. The zero-order chi connectivity index (χ0) is 13.8. The molecule has 2 aromatic rings. The lowest BCUT2D eigenvalue weighted by atomic mass is 9.97. The summed E-state index contributed by atoms with van der Waals surface area (Å²) in [6.45, 7) is 0. The molecule has 4 nitrogen and oxygen atoms in total. The van der Waals surface area contributed by atoms with Crippen molar-refractivity contribution in [2.24, 2.45) is 0 Å². The van der Waals surface area contributed by atoms with Crippen LogP contribution in [0.4, 0.5) is 5.69 Å². The Morgan fingerprint density at radius 1 is 0.895 bits per heavy atom. The van der Waals surface area contributed by atoms with Crippen molar-refractivity contribution in [1.29, 1.82) is 0 Å². The Morgan fingerprint density at radius 2 is 1.42 bits per heavy atom. The maximum absolute atomic E-state index is 12.4. The predicted molar refractivity (Wildman–Crippen MR) is 72.8 cm³/mol. The fraction of sp³-hybridized carbons (Fsp3) is 0.0667. The number of carboxylic acid groups (broad SMARTS) is 1. The molecule has 19 heavy (non-hydrogen) atoms. The maximum Gasteiger partial charge on any atom is 0.336 e. The summed E-state index contributed by atoms with van der Waals surface area (Å²) in [7, 11) is 1.72. The summed E-state index contributed by atoms with van der Waals surface area (Å²) < 4.78 is 0. The minimum absolute atomic E-state index is 0.0124. The number of nitrogens with one attached hydrogen (secondary N) is 1. The molecule has 0 atom stereocenters. The standard InChI is InChI=1S/C15H13NO3/c1-16-13-9-5-4-8-12(13)14(17)10-6-2-3-7-11(10)15(18)19/h2-9,16H,1H3,(H,18,19). The second kappa shape index (κ2) is 5.35. The van der Waals surface area contributed by atoms with Crippen LogP contribution in [0.5, 0.6) is 0 Å². The predicted octanol–water partition coefficient (Wildman–Crippen LogP) is 2.66. The van der Waals surface area contributed by atoms with Gasteiger partial charge in [-0.2, -0.15) is 0 Å². The second-order valence-electron chi connectivity index (χ2n) is 3.98. The third-order valence-electron chi connectivity index (χ3n) is 2.84. The van der Waals surface area contributed by atoms with E-state index in [0.29, 0.717) is 11.3 Å². The molecule has 0 aliphatic rings. The number of aromatic carboxylic acids is 1. The minimum atomic E-state index is -1.11. The highest BCUT2D eigenvalue weighted by Gasteiger charge is 2.19. The number of hydrogen-bond acceptors (Lipinski definition) is 3. The van der Waals surface area contributed by atoms with E-state index in [0.717, 1.165) is 0 Å².